The van der Waals surface area contributed by atoms with Crippen molar-refractivity contribution in [1.82, 2.24) is 19.8 Å². The molecule has 46 heavy (non-hydrogen) atoms. The summed E-state index contributed by atoms with van der Waals surface area (Å²) < 4.78 is 12.0. The van der Waals surface area contributed by atoms with Crippen LogP contribution in [0.2, 0.25) is 0 Å². The van der Waals surface area contributed by atoms with Crippen molar-refractivity contribution in [2.45, 2.75) is 39.7 Å². The monoisotopic (exact) mass is 630 g/mol. The number of nitrogens with one attached hydrogen (secondary N) is 3. The Hall–Kier alpha value is -4.45. The number of aldehydes is 1. The number of hydrogen-bond acceptors (Lipinski definition) is 11. The molecule has 0 aliphatic rings. The van der Waals surface area contributed by atoms with Crippen molar-refractivity contribution >= 4 is 40.1 Å². The number of carbonyl (C=O) groups excluding carboxylic acids is 1. The van der Waals surface area contributed by atoms with Gasteiger partial charge in [0, 0.05) is 61.0 Å². The van der Waals surface area contributed by atoms with E-state index in [9.17, 15) is 4.79 Å². The molecule has 0 saturated carbocycles. The van der Waals surface area contributed by atoms with E-state index in [2.05, 4.69) is 53.9 Å². The lowest BCUT2D eigenvalue weighted by molar-refractivity contribution is -0.107. The second-order valence-corrected chi connectivity index (χ2v) is 11.4. The number of ether oxygens (including phenoxy) is 2. The van der Waals surface area contributed by atoms with Crippen LogP contribution in [0.4, 0.5) is 22.9 Å². The van der Waals surface area contributed by atoms with Crippen molar-refractivity contribution in [2.24, 2.45) is 5.84 Å². The van der Waals surface area contributed by atoms with Crippen LogP contribution in [0.5, 0.6) is 11.5 Å². The summed E-state index contributed by atoms with van der Waals surface area (Å²) in [6, 6.07) is 18.2. The summed E-state index contributed by atoms with van der Waals surface area (Å²) in [5.74, 6) is 8.17. The molecular formula is C35H50N8O3. The molecule has 1 aromatic heterocycles. The van der Waals surface area contributed by atoms with Gasteiger partial charge in [-0.15, -0.1) is 0 Å². The first-order valence-corrected chi connectivity index (χ1v) is 15.6. The van der Waals surface area contributed by atoms with Crippen molar-refractivity contribution in [1.29, 1.82) is 0 Å². The van der Waals surface area contributed by atoms with Crippen LogP contribution >= 0.6 is 0 Å². The highest BCUT2D eigenvalue weighted by Crippen LogP contribution is 2.37. The first kappa shape index (κ1) is 36.0. The molecule has 4 rings (SSSR count). The SMILES string of the molecule is CCCC=O.CNc1cccc(-c2nc(Nc3ccc(NN)c(C)c3)c3cc(OCCN(C)CC(C)N(C)C)c(OC)cc3n2)c1. The molecule has 1 atom stereocenters. The molecule has 0 amide bonds. The molecule has 0 aliphatic carbocycles. The summed E-state index contributed by atoms with van der Waals surface area (Å²) >= 11 is 0. The molecule has 1 heterocycles. The minimum absolute atomic E-state index is 0.447. The normalized spacial score (nSPS) is 11.5. The lowest BCUT2D eigenvalue weighted by Gasteiger charge is -2.26. The van der Waals surface area contributed by atoms with Gasteiger partial charge in [0.2, 0.25) is 0 Å². The van der Waals surface area contributed by atoms with Gasteiger partial charge in [-0.05, 0) is 83.4 Å². The van der Waals surface area contributed by atoms with Gasteiger partial charge in [-0.1, -0.05) is 19.1 Å². The number of hydrogen-bond donors (Lipinski definition) is 4. The molecule has 0 radical (unpaired) electrons. The fraction of sp³-hybridized carbons (Fsp3) is 0.400. The standard InChI is InChI=1S/C31H42N8O2.C4H8O/c1-20-15-24(11-12-26(20)37-32)34-31-25-17-29(41-14-13-39(6)19-21(2)38(4)5)28(40-7)18-27(25)35-30(36-31)22-9-8-10-23(16-22)33-3;1-2-3-4-5/h8-12,15-18,21,33,37H,13-14,19,32H2,1-7H3,(H,34,35,36);4H,2-3H2,1H3. The first-order valence-electron chi connectivity index (χ1n) is 15.6. The zero-order valence-corrected chi connectivity index (χ0v) is 28.5. The van der Waals surface area contributed by atoms with E-state index in [-0.39, 0.29) is 0 Å². The van der Waals surface area contributed by atoms with E-state index in [1.54, 1.807) is 7.11 Å². The predicted molar refractivity (Wildman–Crippen MR) is 190 cm³/mol. The van der Waals surface area contributed by atoms with Gasteiger partial charge in [-0.25, -0.2) is 9.97 Å². The number of aromatic nitrogens is 2. The lowest BCUT2D eigenvalue weighted by atomic mass is 10.1. The molecule has 0 saturated heterocycles. The number of hydrazine groups is 1. The van der Waals surface area contributed by atoms with Gasteiger partial charge in [0.1, 0.15) is 18.7 Å². The molecule has 0 fully saturated rings. The van der Waals surface area contributed by atoms with E-state index in [0.717, 1.165) is 64.9 Å². The summed E-state index contributed by atoms with van der Waals surface area (Å²) in [4.78, 5) is 23.8. The van der Waals surface area contributed by atoms with Crippen LogP contribution in [0.1, 0.15) is 32.3 Å². The summed E-state index contributed by atoms with van der Waals surface area (Å²) in [7, 11) is 9.83. The summed E-state index contributed by atoms with van der Waals surface area (Å²) in [6.07, 6.45) is 2.61. The van der Waals surface area contributed by atoms with E-state index in [0.29, 0.717) is 42.2 Å². The Morgan fingerprint density at radius 3 is 2.41 bits per heavy atom. The molecule has 5 N–H and O–H groups in total. The smallest absolute Gasteiger partial charge is 0.162 e. The Bertz CT molecular complexity index is 1560. The largest absolute Gasteiger partial charge is 0.493 e. The Balaban J connectivity index is 0.00000107. The maximum absolute atomic E-state index is 9.40. The van der Waals surface area contributed by atoms with Crippen molar-refractivity contribution in [3.05, 3.63) is 60.2 Å². The average molecular weight is 631 g/mol. The van der Waals surface area contributed by atoms with E-state index >= 15 is 0 Å². The number of unbranched alkanes of at least 4 members (excludes halogenated alkanes) is 1. The summed E-state index contributed by atoms with van der Waals surface area (Å²) in [6.45, 7) is 8.44. The number of nitrogens with two attached hydrogens (primary N) is 1. The van der Waals surface area contributed by atoms with Crippen LogP contribution < -0.4 is 31.4 Å². The fourth-order valence-electron chi connectivity index (χ4n) is 4.62. The van der Waals surface area contributed by atoms with E-state index < -0.39 is 0 Å². The van der Waals surface area contributed by atoms with Gasteiger partial charge in [0.25, 0.3) is 0 Å². The predicted octanol–water partition coefficient (Wildman–Crippen LogP) is 5.93. The van der Waals surface area contributed by atoms with Crippen LogP contribution in [-0.4, -0.2) is 87.1 Å². The highest BCUT2D eigenvalue weighted by atomic mass is 16.5. The average Bonchev–Trinajstić information content (AvgIpc) is 3.05. The maximum atomic E-state index is 9.40. The summed E-state index contributed by atoms with van der Waals surface area (Å²) in [5.41, 5.74) is 8.09. The Morgan fingerprint density at radius 2 is 1.80 bits per heavy atom. The van der Waals surface area contributed by atoms with Gasteiger partial charge >= 0.3 is 0 Å². The quantitative estimate of drug-likeness (QED) is 0.0708. The van der Waals surface area contributed by atoms with Crippen LogP contribution in [0.25, 0.3) is 22.3 Å². The number of rotatable bonds is 15. The molecule has 0 aliphatic heterocycles. The van der Waals surface area contributed by atoms with Gasteiger partial charge < -0.3 is 40.1 Å². The minimum Gasteiger partial charge on any atom is -0.493 e. The third-order valence-electron chi connectivity index (χ3n) is 7.63. The Morgan fingerprint density at radius 1 is 1.02 bits per heavy atom. The van der Waals surface area contributed by atoms with Crippen LogP contribution in [0, 0.1) is 6.92 Å². The second-order valence-electron chi connectivity index (χ2n) is 11.4. The molecular weight excluding hydrogens is 580 g/mol. The number of fused-ring (bicyclic) bond motifs is 1. The molecule has 0 spiro atoms. The zero-order chi connectivity index (χ0) is 33.6. The molecule has 248 valence electrons. The Kier molecular flexibility index (Phi) is 14.0. The van der Waals surface area contributed by atoms with Gasteiger partial charge in [0.05, 0.1) is 18.3 Å². The number of methoxy groups -OCH3 is 1. The van der Waals surface area contributed by atoms with E-state index in [4.69, 9.17) is 25.3 Å². The third-order valence-corrected chi connectivity index (χ3v) is 7.63. The van der Waals surface area contributed by atoms with Crippen molar-refractivity contribution < 1.29 is 14.3 Å². The first-order chi connectivity index (χ1) is 22.1. The van der Waals surface area contributed by atoms with Gasteiger partial charge in [-0.2, -0.15) is 0 Å². The van der Waals surface area contributed by atoms with Crippen molar-refractivity contribution in [3.8, 4) is 22.9 Å². The molecule has 1 unspecified atom stereocenters. The number of benzene rings is 3. The van der Waals surface area contributed by atoms with Crippen LogP contribution in [0.3, 0.4) is 0 Å². The molecule has 11 heteroatoms. The molecule has 11 nitrogen and oxygen atoms in total. The number of nitrogen functional groups attached to an aromatic ring is 1. The highest BCUT2D eigenvalue weighted by molar-refractivity contribution is 5.94. The Labute approximate surface area is 273 Å². The molecule has 3 aromatic carbocycles. The highest BCUT2D eigenvalue weighted by Gasteiger charge is 2.16. The number of likely N-dealkylation sites (N-methyl/N-ethyl adjacent to an activating group) is 2. The van der Waals surface area contributed by atoms with E-state index in [1.165, 1.54) is 0 Å². The van der Waals surface area contributed by atoms with Crippen molar-refractivity contribution in [3.63, 3.8) is 0 Å². The minimum atomic E-state index is 0.447. The van der Waals surface area contributed by atoms with Crippen LogP contribution in [-0.2, 0) is 4.79 Å². The second kappa shape index (κ2) is 17.9. The maximum Gasteiger partial charge on any atom is 0.162 e. The molecule has 0 bridgehead atoms. The van der Waals surface area contributed by atoms with Gasteiger partial charge in [0.15, 0.2) is 17.3 Å². The zero-order valence-electron chi connectivity index (χ0n) is 28.5. The third kappa shape index (κ3) is 10.0. The topological polar surface area (TPSA) is 130 Å². The van der Waals surface area contributed by atoms with Crippen molar-refractivity contribution in [2.75, 3.05) is 71.1 Å². The number of nitrogens with zero attached hydrogens (tertiary/aromatic N) is 4. The lowest BCUT2D eigenvalue weighted by Crippen LogP contribution is -2.38. The van der Waals surface area contributed by atoms with Crippen LogP contribution in [0.15, 0.2) is 54.6 Å². The molecule has 4 aromatic rings. The number of carbonyl (C=O) groups is 1. The summed E-state index contributed by atoms with van der Waals surface area (Å²) in [5, 5.41) is 7.51. The van der Waals surface area contributed by atoms with Gasteiger partial charge in [-0.3, -0.25) is 5.84 Å². The number of anilines is 4. The van der Waals surface area contributed by atoms with E-state index in [1.807, 2.05) is 75.5 Å². The fourth-order valence-corrected chi connectivity index (χ4v) is 4.62. The number of aryl methyl sites for hydroxylation is 1.